The number of nitrogens with zero attached hydrogens (tertiary/aromatic N) is 4. The standard InChI is InChI=1S/C19H20N4O4/c1-3-26-17-10-4-14(5-11-17)12-22(2)13-18-20-19(21-27-18)15-6-8-16(9-7-15)23(24)25/h4-11H,3,12-13H2,1-2H3. The van der Waals surface area contributed by atoms with Crippen molar-refractivity contribution >= 4 is 5.69 Å². The van der Waals surface area contributed by atoms with E-state index in [0.29, 0.717) is 30.4 Å². The average Bonchev–Trinajstić information content (AvgIpc) is 3.12. The van der Waals surface area contributed by atoms with E-state index < -0.39 is 4.92 Å². The molecular weight excluding hydrogens is 348 g/mol. The van der Waals surface area contributed by atoms with Crippen molar-refractivity contribution in [1.29, 1.82) is 0 Å². The van der Waals surface area contributed by atoms with Gasteiger partial charge in [0.25, 0.3) is 5.69 Å². The Morgan fingerprint density at radius 2 is 1.81 bits per heavy atom. The molecule has 140 valence electrons. The van der Waals surface area contributed by atoms with Crippen LogP contribution in [0.1, 0.15) is 18.4 Å². The summed E-state index contributed by atoms with van der Waals surface area (Å²) in [7, 11) is 1.96. The van der Waals surface area contributed by atoms with Gasteiger partial charge in [0.15, 0.2) is 0 Å². The van der Waals surface area contributed by atoms with E-state index >= 15 is 0 Å². The van der Waals surface area contributed by atoms with Crippen LogP contribution in [0.3, 0.4) is 0 Å². The van der Waals surface area contributed by atoms with E-state index in [9.17, 15) is 10.1 Å². The Kier molecular flexibility index (Phi) is 5.77. The normalized spacial score (nSPS) is 10.9. The SMILES string of the molecule is CCOc1ccc(CN(C)Cc2nc(-c3ccc([N+](=O)[O-])cc3)no2)cc1. The molecule has 27 heavy (non-hydrogen) atoms. The van der Waals surface area contributed by atoms with E-state index in [4.69, 9.17) is 9.26 Å². The molecule has 0 spiro atoms. The zero-order valence-corrected chi connectivity index (χ0v) is 15.2. The highest BCUT2D eigenvalue weighted by atomic mass is 16.6. The quantitative estimate of drug-likeness (QED) is 0.442. The lowest BCUT2D eigenvalue weighted by atomic mass is 10.2. The summed E-state index contributed by atoms with van der Waals surface area (Å²) >= 11 is 0. The van der Waals surface area contributed by atoms with Gasteiger partial charge in [-0.05, 0) is 43.8 Å². The van der Waals surface area contributed by atoms with E-state index in [1.165, 1.54) is 12.1 Å². The Balaban J connectivity index is 1.60. The summed E-state index contributed by atoms with van der Waals surface area (Å²) in [5, 5.41) is 14.7. The fourth-order valence-corrected chi connectivity index (χ4v) is 2.62. The van der Waals surface area contributed by atoms with Crippen LogP contribution < -0.4 is 4.74 Å². The molecule has 8 nitrogen and oxygen atoms in total. The van der Waals surface area contributed by atoms with E-state index in [-0.39, 0.29) is 5.69 Å². The van der Waals surface area contributed by atoms with Crippen LogP contribution in [-0.4, -0.2) is 33.6 Å². The van der Waals surface area contributed by atoms with Crippen LogP contribution in [0.2, 0.25) is 0 Å². The zero-order valence-electron chi connectivity index (χ0n) is 15.2. The van der Waals surface area contributed by atoms with Crippen LogP contribution in [0.4, 0.5) is 5.69 Å². The van der Waals surface area contributed by atoms with Crippen LogP contribution in [-0.2, 0) is 13.1 Å². The van der Waals surface area contributed by atoms with E-state index in [1.54, 1.807) is 12.1 Å². The molecule has 0 saturated heterocycles. The number of hydrogen-bond acceptors (Lipinski definition) is 7. The minimum atomic E-state index is -0.443. The summed E-state index contributed by atoms with van der Waals surface area (Å²) in [4.78, 5) is 16.7. The first-order valence-corrected chi connectivity index (χ1v) is 8.53. The molecule has 2 aromatic carbocycles. The first-order chi connectivity index (χ1) is 13.0. The van der Waals surface area contributed by atoms with Gasteiger partial charge in [0, 0.05) is 24.2 Å². The molecule has 1 aromatic heterocycles. The maximum absolute atomic E-state index is 10.7. The minimum Gasteiger partial charge on any atom is -0.494 e. The number of non-ortho nitro benzene ring substituents is 1. The van der Waals surface area contributed by atoms with Crippen LogP contribution in [0.5, 0.6) is 5.75 Å². The van der Waals surface area contributed by atoms with Crippen molar-refractivity contribution in [3.05, 3.63) is 70.1 Å². The third-order valence-corrected chi connectivity index (χ3v) is 3.90. The van der Waals surface area contributed by atoms with Gasteiger partial charge in [-0.2, -0.15) is 4.98 Å². The van der Waals surface area contributed by atoms with Crippen molar-refractivity contribution < 1.29 is 14.2 Å². The minimum absolute atomic E-state index is 0.0255. The van der Waals surface area contributed by atoms with Gasteiger partial charge < -0.3 is 9.26 Å². The van der Waals surface area contributed by atoms with Gasteiger partial charge in [-0.25, -0.2) is 0 Å². The zero-order chi connectivity index (χ0) is 19.2. The van der Waals surface area contributed by atoms with Crippen molar-refractivity contribution in [2.24, 2.45) is 0 Å². The monoisotopic (exact) mass is 368 g/mol. The maximum atomic E-state index is 10.7. The van der Waals surface area contributed by atoms with Crippen molar-refractivity contribution in [2.45, 2.75) is 20.0 Å². The fourth-order valence-electron chi connectivity index (χ4n) is 2.62. The summed E-state index contributed by atoms with van der Waals surface area (Å²) in [6.07, 6.45) is 0. The highest BCUT2D eigenvalue weighted by molar-refractivity contribution is 5.56. The molecule has 0 bridgehead atoms. The molecule has 0 aliphatic carbocycles. The fraction of sp³-hybridized carbons (Fsp3) is 0.263. The van der Waals surface area contributed by atoms with Crippen LogP contribution in [0.25, 0.3) is 11.4 Å². The van der Waals surface area contributed by atoms with Gasteiger partial charge in [-0.15, -0.1) is 0 Å². The predicted molar refractivity (Wildman–Crippen MR) is 99.2 cm³/mol. The molecule has 0 fully saturated rings. The number of ether oxygens (including phenoxy) is 1. The number of rotatable bonds is 8. The molecule has 0 atom stereocenters. The molecule has 3 rings (SSSR count). The summed E-state index contributed by atoms with van der Waals surface area (Å²) in [6.45, 7) is 3.82. The van der Waals surface area contributed by atoms with Crippen molar-refractivity contribution in [1.82, 2.24) is 15.0 Å². The number of nitro groups is 1. The van der Waals surface area contributed by atoms with Crippen LogP contribution in [0.15, 0.2) is 53.1 Å². The smallest absolute Gasteiger partial charge is 0.269 e. The molecule has 8 heteroatoms. The predicted octanol–water partition coefficient (Wildman–Crippen LogP) is 3.68. The molecule has 0 aliphatic rings. The lowest BCUT2D eigenvalue weighted by Crippen LogP contribution is -2.17. The van der Waals surface area contributed by atoms with E-state index in [2.05, 4.69) is 15.0 Å². The summed E-state index contributed by atoms with van der Waals surface area (Å²) in [5.74, 6) is 1.75. The Morgan fingerprint density at radius 1 is 1.11 bits per heavy atom. The second-order valence-electron chi connectivity index (χ2n) is 6.06. The third-order valence-electron chi connectivity index (χ3n) is 3.90. The van der Waals surface area contributed by atoms with Gasteiger partial charge in [0.05, 0.1) is 18.1 Å². The van der Waals surface area contributed by atoms with Gasteiger partial charge in [-0.3, -0.25) is 15.0 Å². The van der Waals surface area contributed by atoms with Crippen LogP contribution in [0, 0.1) is 10.1 Å². The van der Waals surface area contributed by atoms with Crippen LogP contribution >= 0.6 is 0 Å². The molecule has 0 unspecified atom stereocenters. The maximum Gasteiger partial charge on any atom is 0.269 e. The Labute approximate surface area is 156 Å². The molecule has 0 amide bonds. The lowest BCUT2D eigenvalue weighted by Gasteiger charge is -2.14. The molecule has 0 N–H and O–H groups in total. The number of benzene rings is 2. The second kappa shape index (κ2) is 8.41. The Morgan fingerprint density at radius 3 is 2.44 bits per heavy atom. The first-order valence-electron chi connectivity index (χ1n) is 8.53. The van der Waals surface area contributed by atoms with E-state index in [0.717, 1.165) is 17.9 Å². The molecule has 0 radical (unpaired) electrons. The highest BCUT2D eigenvalue weighted by Crippen LogP contribution is 2.20. The third kappa shape index (κ3) is 4.89. The Hall–Kier alpha value is -3.26. The van der Waals surface area contributed by atoms with Gasteiger partial charge in [0.1, 0.15) is 5.75 Å². The number of aromatic nitrogens is 2. The van der Waals surface area contributed by atoms with E-state index in [1.807, 2.05) is 38.2 Å². The summed E-state index contributed by atoms with van der Waals surface area (Å²) in [6, 6.07) is 14.0. The Bertz CT molecular complexity index is 891. The molecule has 0 aliphatic heterocycles. The largest absolute Gasteiger partial charge is 0.494 e. The topological polar surface area (TPSA) is 94.5 Å². The van der Waals surface area contributed by atoms with Crippen molar-refractivity contribution in [2.75, 3.05) is 13.7 Å². The molecule has 3 aromatic rings. The summed E-state index contributed by atoms with van der Waals surface area (Å²) in [5.41, 5.74) is 1.85. The lowest BCUT2D eigenvalue weighted by molar-refractivity contribution is -0.384. The number of hydrogen-bond donors (Lipinski definition) is 0. The van der Waals surface area contributed by atoms with Gasteiger partial charge in [0.2, 0.25) is 11.7 Å². The summed E-state index contributed by atoms with van der Waals surface area (Å²) < 4.78 is 10.7. The average molecular weight is 368 g/mol. The highest BCUT2D eigenvalue weighted by Gasteiger charge is 2.13. The number of nitro benzene ring substituents is 1. The van der Waals surface area contributed by atoms with Gasteiger partial charge >= 0.3 is 0 Å². The molecular formula is C19H20N4O4. The molecule has 0 saturated carbocycles. The second-order valence-corrected chi connectivity index (χ2v) is 6.06. The first kappa shape index (κ1) is 18.5. The van der Waals surface area contributed by atoms with Crippen molar-refractivity contribution in [3.63, 3.8) is 0 Å². The molecule has 1 heterocycles. The van der Waals surface area contributed by atoms with Gasteiger partial charge in [-0.1, -0.05) is 17.3 Å². The van der Waals surface area contributed by atoms with Crippen molar-refractivity contribution in [3.8, 4) is 17.1 Å².